The van der Waals surface area contributed by atoms with Crippen molar-refractivity contribution in [1.82, 2.24) is 0 Å². The van der Waals surface area contributed by atoms with Gasteiger partial charge in [0.15, 0.2) is 0 Å². The summed E-state index contributed by atoms with van der Waals surface area (Å²) in [6.45, 7) is 12.8. The molecule has 0 amide bonds. The number of rotatable bonds is 2. The number of nitrogens with zero attached hydrogens (tertiary/aromatic N) is 2. The van der Waals surface area contributed by atoms with E-state index in [9.17, 15) is 5.11 Å². The van der Waals surface area contributed by atoms with Gasteiger partial charge in [-0.25, -0.2) is 0 Å². The first-order valence-electron chi connectivity index (χ1n) is 8.44. The fraction of sp³-hybridized carbons (Fsp3) is 0.364. The van der Waals surface area contributed by atoms with Gasteiger partial charge in [-0.05, 0) is 46.7 Å². The highest BCUT2D eigenvalue weighted by Crippen LogP contribution is 2.37. The molecule has 0 unspecified atom stereocenters. The summed E-state index contributed by atoms with van der Waals surface area (Å²) in [6.07, 6.45) is 1.70. The fourth-order valence-corrected chi connectivity index (χ4v) is 2.53. The second kappa shape index (κ2) is 6.72. The SMILES string of the molecule is CC(C)(C)c1cc(C=Nc2ccc(C#N)cc2)c(O)c(C(C)(C)C)c1. The summed E-state index contributed by atoms with van der Waals surface area (Å²) in [5.74, 6) is 0.276. The molecule has 0 aliphatic carbocycles. The number of hydrogen-bond donors (Lipinski definition) is 1. The van der Waals surface area contributed by atoms with Crippen LogP contribution in [0.15, 0.2) is 41.4 Å². The van der Waals surface area contributed by atoms with Gasteiger partial charge in [-0.1, -0.05) is 47.6 Å². The molecule has 0 heterocycles. The summed E-state index contributed by atoms with van der Waals surface area (Å²) in [4.78, 5) is 4.46. The monoisotopic (exact) mass is 334 g/mol. The molecule has 0 bridgehead atoms. The van der Waals surface area contributed by atoms with Crippen LogP contribution in [0.5, 0.6) is 5.75 Å². The molecule has 0 aliphatic rings. The number of nitriles is 1. The maximum absolute atomic E-state index is 10.7. The van der Waals surface area contributed by atoms with Gasteiger partial charge in [0.05, 0.1) is 17.3 Å². The van der Waals surface area contributed by atoms with Crippen LogP contribution < -0.4 is 0 Å². The Kier molecular flexibility index (Phi) is 5.04. The molecule has 0 atom stereocenters. The minimum absolute atomic E-state index is 0.0231. The lowest BCUT2D eigenvalue weighted by atomic mass is 9.79. The van der Waals surface area contributed by atoms with E-state index in [1.807, 2.05) is 6.07 Å². The van der Waals surface area contributed by atoms with E-state index in [2.05, 4.69) is 58.7 Å². The van der Waals surface area contributed by atoms with E-state index in [1.165, 1.54) is 0 Å². The van der Waals surface area contributed by atoms with Gasteiger partial charge in [0.1, 0.15) is 5.75 Å². The van der Waals surface area contributed by atoms with E-state index < -0.39 is 0 Å². The summed E-state index contributed by atoms with van der Waals surface area (Å²) in [5, 5.41) is 19.6. The van der Waals surface area contributed by atoms with E-state index in [4.69, 9.17) is 5.26 Å². The zero-order chi connectivity index (χ0) is 18.8. The van der Waals surface area contributed by atoms with Gasteiger partial charge in [0, 0.05) is 17.3 Å². The van der Waals surface area contributed by atoms with Crippen LogP contribution in [0.4, 0.5) is 5.69 Å². The molecular weight excluding hydrogens is 308 g/mol. The standard InChI is InChI=1S/C22H26N2O/c1-21(2,3)17-11-16(20(25)19(12-17)22(4,5)6)14-24-18-9-7-15(13-23)8-10-18/h7-12,14,25H,1-6H3. The Balaban J connectivity index is 2.52. The second-order valence-corrected chi connectivity index (χ2v) is 8.38. The van der Waals surface area contributed by atoms with Crippen LogP contribution in [0.1, 0.15) is 63.8 Å². The van der Waals surface area contributed by atoms with Crippen LogP contribution in [0, 0.1) is 11.3 Å². The normalized spacial score (nSPS) is 12.4. The Bertz CT molecular complexity index is 827. The molecule has 0 aromatic heterocycles. The van der Waals surface area contributed by atoms with Gasteiger partial charge in [-0.15, -0.1) is 0 Å². The third kappa shape index (κ3) is 4.48. The van der Waals surface area contributed by atoms with Crippen LogP contribution in [-0.2, 0) is 10.8 Å². The first-order chi connectivity index (χ1) is 11.5. The van der Waals surface area contributed by atoms with E-state index >= 15 is 0 Å². The summed E-state index contributed by atoms with van der Waals surface area (Å²) in [7, 11) is 0. The maximum Gasteiger partial charge on any atom is 0.128 e. The highest BCUT2D eigenvalue weighted by atomic mass is 16.3. The van der Waals surface area contributed by atoms with Gasteiger partial charge in [-0.3, -0.25) is 4.99 Å². The smallest absolute Gasteiger partial charge is 0.128 e. The summed E-state index contributed by atoms with van der Waals surface area (Å²) < 4.78 is 0. The molecule has 2 aromatic rings. The average Bonchev–Trinajstić information content (AvgIpc) is 2.52. The lowest BCUT2D eigenvalue weighted by molar-refractivity contribution is 0.444. The third-order valence-corrected chi connectivity index (χ3v) is 4.16. The summed E-state index contributed by atoms with van der Waals surface area (Å²) in [5.41, 5.74) is 3.95. The molecule has 0 fully saturated rings. The quantitative estimate of drug-likeness (QED) is 0.726. The van der Waals surface area contributed by atoms with Gasteiger partial charge in [0.2, 0.25) is 0 Å². The van der Waals surface area contributed by atoms with Crippen molar-refractivity contribution < 1.29 is 5.11 Å². The molecule has 0 radical (unpaired) electrons. The first kappa shape index (κ1) is 18.7. The number of phenols is 1. The lowest BCUT2D eigenvalue weighted by Gasteiger charge is -2.26. The van der Waals surface area contributed by atoms with Crippen molar-refractivity contribution in [3.63, 3.8) is 0 Å². The van der Waals surface area contributed by atoms with Crippen molar-refractivity contribution in [3.8, 4) is 11.8 Å². The largest absolute Gasteiger partial charge is 0.507 e. The van der Waals surface area contributed by atoms with Crippen LogP contribution >= 0.6 is 0 Å². The zero-order valence-corrected chi connectivity index (χ0v) is 15.9. The summed E-state index contributed by atoms with van der Waals surface area (Å²) in [6, 6.07) is 13.2. The van der Waals surface area contributed by atoms with Crippen LogP contribution in [0.2, 0.25) is 0 Å². The Labute approximate surface area is 150 Å². The third-order valence-electron chi connectivity index (χ3n) is 4.16. The minimum Gasteiger partial charge on any atom is -0.507 e. The highest BCUT2D eigenvalue weighted by molar-refractivity contribution is 5.86. The van der Waals surface area contributed by atoms with Crippen molar-refractivity contribution in [1.29, 1.82) is 5.26 Å². The van der Waals surface area contributed by atoms with Crippen molar-refractivity contribution in [3.05, 3.63) is 58.7 Å². The lowest BCUT2D eigenvalue weighted by Crippen LogP contribution is -2.17. The Hall–Kier alpha value is -2.60. The molecule has 0 aliphatic heterocycles. The Morgan fingerprint density at radius 3 is 2.04 bits per heavy atom. The average molecular weight is 334 g/mol. The molecule has 3 heteroatoms. The number of aliphatic imine (C=N–C) groups is 1. The van der Waals surface area contributed by atoms with E-state index in [0.29, 0.717) is 11.1 Å². The minimum atomic E-state index is -0.164. The first-order valence-corrected chi connectivity index (χ1v) is 8.44. The second-order valence-electron chi connectivity index (χ2n) is 8.38. The van der Waals surface area contributed by atoms with Crippen LogP contribution in [0.3, 0.4) is 0 Å². The molecule has 0 saturated heterocycles. The predicted molar refractivity (Wildman–Crippen MR) is 104 cm³/mol. The molecule has 3 nitrogen and oxygen atoms in total. The number of aromatic hydroxyl groups is 1. The Morgan fingerprint density at radius 2 is 1.56 bits per heavy atom. The van der Waals surface area contributed by atoms with Gasteiger partial charge in [-0.2, -0.15) is 5.26 Å². The number of phenolic OH excluding ortho intramolecular Hbond substituents is 1. The molecule has 25 heavy (non-hydrogen) atoms. The van der Waals surface area contributed by atoms with Crippen molar-refractivity contribution in [2.45, 2.75) is 52.4 Å². The summed E-state index contributed by atoms with van der Waals surface area (Å²) >= 11 is 0. The number of hydrogen-bond acceptors (Lipinski definition) is 3. The van der Waals surface area contributed by atoms with Crippen molar-refractivity contribution >= 4 is 11.9 Å². The fourth-order valence-electron chi connectivity index (χ4n) is 2.53. The van der Waals surface area contributed by atoms with Gasteiger partial charge in [0.25, 0.3) is 0 Å². The molecule has 2 rings (SSSR count). The predicted octanol–water partition coefficient (Wildman–Crippen LogP) is 5.61. The molecule has 0 saturated carbocycles. The Morgan fingerprint density at radius 1 is 0.960 bits per heavy atom. The van der Waals surface area contributed by atoms with Crippen LogP contribution in [-0.4, -0.2) is 11.3 Å². The van der Waals surface area contributed by atoms with Gasteiger partial charge >= 0.3 is 0 Å². The van der Waals surface area contributed by atoms with Gasteiger partial charge < -0.3 is 5.11 Å². The maximum atomic E-state index is 10.7. The van der Waals surface area contributed by atoms with E-state index in [0.717, 1.165) is 16.8 Å². The van der Waals surface area contributed by atoms with E-state index in [1.54, 1.807) is 30.5 Å². The highest BCUT2D eigenvalue weighted by Gasteiger charge is 2.24. The van der Waals surface area contributed by atoms with Crippen LogP contribution in [0.25, 0.3) is 0 Å². The number of benzene rings is 2. The van der Waals surface area contributed by atoms with E-state index in [-0.39, 0.29) is 16.6 Å². The molecular formula is C22H26N2O. The van der Waals surface area contributed by atoms with Crippen molar-refractivity contribution in [2.24, 2.45) is 4.99 Å². The molecule has 0 spiro atoms. The molecule has 130 valence electrons. The topological polar surface area (TPSA) is 56.4 Å². The molecule has 1 N–H and O–H groups in total. The zero-order valence-electron chi connectivity index (χ0n) is 15.9. The van der Waals surface area contributed by atoms with Crippen molar-refractivity contribution in [2.75, 3.05) is 0 Å². The molecule has 2 aromatic carbocycles.